The van der Waals surface area contributed by atoms with Gasteiger partial charge in [0.25, 0.3) is 8.40 Å². The van der Waals surface area contributed by atoms with Gasteiger partial charge < -0.3 is 0 Å². The van der Waals surface area contributed by atoms with Crippen LogP contribution in [0, 0.1) is 0 Å². The maximum absolute atomic E-state index is 16.9. The molecule has 2 rings (SSSR count). The first-order chi connectivity index (χ1) is 11.2. The Morgan fingerprint density at radius 2 is 1.16 bits per heavy atom. The highest BCUT2D eigenvalue weighted by Crippen LogP contribution is 2.59. The number of hydrogen-bond acceptors (Lipinski definition) is 4. The zero-order valence-electron chi connectivity index (χ0n) is 17.6. The second kappa shape index (κ2) is 6.25. The minimum absolute atomic E-state index is 0.0727. The molecule has 7 heteroatoms. The smallest absolute Gasteiger partial charge is 0.269 e. The van der Waals surface area contributed by atoms with Gasteiger partial charge in [-0.15, -0.1) is 0 Å². The molecule has 0 spiro atoms. The van der Waals surface area contributed by atoms with E-state index < -0.39 is 22.2 Å². The van der Waals surface area contributed by atoms with Crippen molar-refractivity contribution in [3.05, 3.63) is 30.3 Å². The minimum Gasteiger partial charge on any atom is -0.269 e. The quantitative estimate of drug-likeness (QED) is 0.586. The summed E-state index contributed by atoms with van der Waals surface area (Å²) in [6, 6.07) is 10.6. The molecule has 0 N–H and O–H groups in total. The van der Waals surface area contributed by atoms with E-state index in [9.17, 15) is 0 Å². The molecular formula is C18H35FN4Si2. The molecule has 1 aromatic carbocycles. The molecular weight excluding hydrogens is 347 g/mol. The average Bonchev–Trinajstić information content (AvgIpc) is 2.41. The largest absolute Gasteiger partial charge is 0.423 e. The summed E-state index contributed by atoms with van der Waals surface area (Å²) in [4.78, 5) is 0. The van der Waals surface area contributed by atoms with Gasteiger partial charge in [-0.1, -0.05) is 71.9 Å². The van der Waals surface area contributed by atoms with Crippen molar-refractivity contribution < 1.29 is 4.11 Å². The van der Waals surface area contributed by atoms with Gasteiger partial charge in [-0.2, -0.15) is 0 Å². The molecule has 0 bridgehead atoms. The second-order valence-corrected chi connectivity index (χ2v) is 18.1. The van der Waals surface area contributed by atoms with Crippen LogP contribution in [-0.4, -0.2) is 64.0 Å². The van der Waals surface area contributed by atoms with E-state index >= 15 is 4.11 Å². The Labute approximate surface area is 155 Å². The zero-order chi connectivity index (χ0) is 19.4. The van der Waals surface area contributed by atoms with E-state index in [-0.39, 0.29) is 5.04 Å². The van der Waals surface area contributed by atoms with Crippen LogP contribution in [0.1, 0.15) is 41.5 Å². The number of halogens is 1. The molecule has 0 radical (unpaired) electrons. The standard InChI is InChI=1S/C18H35FN4Si2/c1-17(2,3)24(16-14-12-11-13-15-16)22(20(7)8)25(19,18(4,5)6)23(24)21(9)10/h11-15H,1-10H3. The van der Waals surface area contributed by atoms with E-state index in [4.69, 9.17) is 0 Å². The average molecular weight is 383 g/mol. The lowest BCUT2D eigenvalue weighted by molar-refractivity contribution is 0.0199. The Balaban J connectivity index is 2.86. The van der Waals surface area contributed by atoms with E-state index in [0.29, 0.717) is 0 Å². The summed E-state index contributed by atoms with van der Waals surface area (Å²) in [5.41, 5.74) is 0. The monoisotopic (exact) mass is 382 g/mol. The van der Waals surface area contributed by atoms with Crippen LogP contribution in [0.5, 0.6) is 0 Å². The fourth-order valence-corrected chi connectivity index (χ4v) is 20.1. The number of rotatable bonds is 3. The van der Waals surface area contributed by atoms with Gasteiger partial charge in [-0.05, 0) is 10.2 Å². The van der Waals surface area contributed by atoms with Crippen molar-refractivity contribution in [3.63, 3.8) is 0 Å². The highest BCUT2D eigenvalue weighted by Gasteiger charge is 2.83. The molecule has 0 amide bonds. The maximum atomic E-state index is 16.9. The van der Waals surface area contributed by atoms with Gasteiger partial charge in [-0.25, -0.2) is 8.68 Å². The summed E-state index contributed by atoms with van der Waals surface area (Å²) in [7, 11) is 2.01. The Morgan fingerprint density at radius 1 is 0.760 bits per heavy atom. The van der Waals surface area contributed by atoms with Gasteiger partial charge >= 0.3 is 8.73 Å². The summed E-state index contributed by atoms with van der Waals surface area (Å²) in [6.07, 6.45) is 0. The van der Waals surface area contributed by atoms with Gasteiger partial charge in [0.15, 0.2) is 0 Å². The van der Waals surface area contributed by atoms with E-state index in [1.807, 2.05) is 65.0 Å². The van der Waals surface area contributed by atoms with E-state index in [1.54, 1.807) is 0 Å². The Morgan fingerprint density at radius 3 is 1.44 bits per heavy atom. The number of hydrogen-bond donors (Lipinski definition) is 0. The van der Waals surface area contributed by atoms with Crippen molar-refractivity contribution in [1.82, 2.24) is 18.7 Å². The lowest BCUT2D eigenvalue weighted by Crippen LogP contribution is -3.02. The van der Waals surface area contributed by atoms with Gasteiger partial charge in [0.1, 0.15) is 0 Å². The van der Waals surface area contributed by atoms with Crippen molar-refractivity contribution in [2.24, 2.45) is 0 Å². The fraction of sp³-hybridized carbons (Fsp3) is 0.667. The van der Waals surface area contributed by atoms with Crippen LogP contribution in [0.3, 0.4) is 0 Å². The zero-order valence-corrected chi connectivity index (χ0v) is 19.6. The first-order valence-corrected chi connectivity index (χ1v) is 12.6. The second-order valence-electron chi connectivity index (χ2n) is 9.44. The van der Waals surface area contributed by atoms with E-state index in [1.165, 1.54) is 5.19 Å². The highest BCUT2D eigenvalue weighted by molar-refractivity contribution is 7.10. The predicted octanol–water partition coefficient (Wildman–Crippen LogP) is 3.42. The Bertz CT molecular complexity index is 592. The van der Waals surface area contributed by atoms with Crippen LogP contribution in [-0.2, 0) is 0 Å². The summed E-state index contributed by atoms with van der Waals surface area (Å²) >= 11 is 0. The number of nitrogens with zero attached hydrogens (tertiary/aromatic N) is 4. The van der Waals surface area contributed by atoms with Gasteiger partial charge in [0.2, 0.25) is 0 Å². The molecule has 1 heterocycles. The van der Waals surface area contributed by atoms with Crippen molar-refractivity contribution >= 4 is 22.3 Å². The number of hydrazine groups is 2. The van der Waals surface area contributed by atoms with Gasteiger partial charge in [-0.3, -0.25) is 14.1 Å². The maximum Gasteiger partial charge on any atom is 0.423 e. The Kier molecular flexibility index (Phi) is 5.18. The lowest BCUT2D eigenvalue weighted by atomic mass is 10.2. The SMILES string of the molecule is CN(C)N1[Si](F)(C(C)(C)C)N(N(C)C)[Si]1(c1ccccc1)C(C)(C)C. The van der Waals surface area contributed by atoms with Gasteiger partial charge in [0.05, 0.1) is 0 Å². The van der Waals surface area contributed by atoms with Crippen LogP contribution < -0.4 is 5.19 Å². The van der Waals surface area contributed by atoms with E-state index in [2.05, 4.69) is 53.7 Å². The number of benzene rings is 1. The lowest BCUT2D eigenvalue weighted by Gasteiger charge is -2.75. The van der Waals surface area contributed by atoms with Crippen LogP contribution in [0.25, 0.3) is 0 Å². The molecule has 25 heavy (non-hydrogen) atoms. The normalized spacial score (nSPS) is 29.3. The molecule has 0 aliphatic carbocycles. The first-order valence-electron chi connectivity index (χ1n) is 8.93. The summed E-state index contributed by atoms with van der Waals surface area (Å²) in [5.74, 6) is 0. The molecule has 0 aromatic heterocycles. The van der Waals surface area contributed by atoms with Crippen LogP contribution >= 0.6 is 0 Å². The van der Waals surface area contributed by atoms with Crippen LogP contribution in [0.15, 0.2) is 30.3 Å². The summed E-state index contributed by atoms with van der Waals surface area (Å²) in [5, 5.41) is 4.81. The Hall–Kier alpha value is -0.576. The summed E-state index contributed by atoms with van der Waals surface area (Å²) in [6.45, 7) is 12.9. The summed E-state index contributed by atoms with van der Waals surface area (Å²) < 4.78 is 21.3. The predicted molar refractivity (Wildman–Crippen MR) is 109 cm³/mol. The van der Waals surface area contributed by atoms with Crippen molar-refractivity contribution in [2.75, 3.05) is 28.2 Å². The van der Waals surface area contributed by atoms with Crippen molar-refractivity contribution in [2.45, 2.75) is 51.6 Å². The molecule has 1 aliphatic rings. The van der Waals surface area contributed by atoms with Crippen LogP contribution in [0.4, 0.5) is 4.11 Å². The molecule has 1 aliphatic heterocycles. The van der Waals surface area contributed by atoms with Crippen molar-refractivity contribution in [3.8, 4) is 0 Å². The van der Waals surface area contributed by atoms with Crippen molar-refractivity contribution in [1.29, 1.82) is 0 Å². The minimum atomic E-state index is -3.43. The third-order valence-electron chi connectivity index (χ3n) is 5.15. The molecule has 1 fully saturated rings. The van der Waals surface area contributed by atoms with Gasteiger partial charge in [0, 0.05) is 33.2 Å². The molecule has 142 valence electrons. The molecule has 1 aromatic rings. The topological polar surface area (TPSA) is 13.0 Å². The van der Waals surface area contributed by atoms with E-state index in [0.717, 1.165) is 0 Å². The molecule has 0 saturated carbocycles. The fourth-order valence-electron chi connectivity index (χ4n) is 4.29. The molecule has 0 atom stereocenters. The molecule has 0 unspecified atom stereocenters. The molecule has 4 nitrogen and oxygen atoms in total. The third-order valence-corrected chi connectivity index (χ3v) is 18.0. The highest BCUT2D eigenvalue weighted by atomic mass is 28.5. The molecule has 1 saturated heterocycles. The first kappa shape index (κ1) is 20.7. The third kappa shape index (κ3) is 2.67. The van der Waals surface area contributed by atoms with Crippen LogP contribution in [0.2, 0.25) is 10.1 Å².